The maximum Gasteiger partial charge on any atom is 0.333 e. The van der Waals surface area contributed by atoms with Crippen molar-refractivity contribution in [2.75, 3.05) is 0 Å². The van der Waals surface area contributed by atoms with Crippen LogP contribution in [-0.2, 0) is 0 Å². The fourth-order valence-electron chi connectivity index (χ4n) is 1.66. The molecule has 1 aromatic carbocycles. The molecule has 74 valence electrons. The molecule has 5 nitrogen and oxygen atoms in total. The van der Waals surface area contributed by atoms with E-state index in [-0.39, 0.29) is 0 Å². The van der Waals surface area contributed by atoms with Crippen LogP contribution in [0.2, 0.25) is 0 Å². The fourth-order valence-corrected chi connectivity index (χ4v) is 1.66. The number of hydrogen-bond donors (Lipinski definition) is 0. The lowest BCUT2D eigenvalue weighted by Crippen LogP contribution is -2.33. The lowest BCUT2D eigenvalue weighted by molar-refractivity contribution is -0.643. The molecular weight excluding hydrogens is 192 g/mol. The Hall–Kier alpha value is -2.17. The van der Waals surface area contributed by atoms with Gasteiger partial charge in [-0.05, 0) is 24.6 Å². The maximum absolute atomic E-state index is 11.5. The molecule has 0 saturated carbocycles. The van der Waals surface area contributed by atoms with E-state index in [1.54, 1.807) is 16.8 Å². The number of benzene rings is 1. The number of hydrogen-bond acceptors (Lipinski definition) is 3. The summed E-state index contributed by atoms with van der Waals surface area (Å²) >= 11 is 0. The lowest BCUT2D eigenvalue weighted by atomic mass is 10.2. The Bertz CT molecular complexity index is 659. The van der Waals surface area contributed by atoms with Gasteiger partial charge in [0.1, 0.15) is 0 Å². The van der Waals surface area contributed by atoms with Gasteiger partial charge < -0.3 is 5.21 Å². The van der Waals surface area contributed by atoms with Crippen LogP contribution in [0.1, 0.15) is 5.56 Å². The molecule has 0 amide bonds. The summed E-state index contributed by atoms with van der Waals surface area (Å²) in [6.45, 7) is 1.99. The molecule has 0 radical (unpaired) electrons. The van der Waals surface area contributed by atoms with E-state index in [0.29, 0.717) is 16.0 Å². The van der Waals surface area contributed by atoms with E-state index in [1.807, 2.05) is 25.1 Å². The van der Waals surface area contributed by atoms with Crippen molar-refractivity contribution in [3.63, 3.8) is 0 Å². The van der Waals surface area contributed by atoms with Gasteiger partial charge in [-0.25, -0.2) is 0 Å². The maximum atomic E-state index is 11.5. The number of aromatic nitrogens is 4. The Morgan fingerprint density at radius 1 is 1.33 bits per heavy atom. The van der Waals surface area contributed by atoms with Crippen molar-refractivity contribution >= 4 is 16.7 Å². The van der Waals surface area contributed by atoms with Crippen molar-refractivity contribution in [3.05, 3.63) is 41.2 Å². The van der Waals surface area contributed by atoms with Crippen molar-refractivity contribution in [2.24, 2.45) is 0 Å². The SMILES string of the molecule is Cc1ccc2n[n+]([O-])c3ccnn3c2c1. The van der Waals surface area contributed by atoms with Crippen LogP contribution in [0.3, 0.4) is 0 Å². The van der Waals surface area contributed by atoms with Crippen LogP contribution in [0.4, 0.5) is 0 Å². The Balaban J connectivity index is 2.61. The summed E-state index contributed by atoms with van der Waals surface area (Å²) < 4.78 is 1.60. The molecule has 0 spiro atoms. The van der Waals surface area contributed by atoms with E-state index < -0.39 is 0 Å². The molecule has 2 aromatic heterocycles. The molecule has 0 saturated heterocycles. The highest BCUT2D eigenvalue weighted by atomic mass is 16.5. The first-order chi connectivity index (χ1) is 7.25. The third-order valence-electron chi connectivity index (χ3n) is 2.38. The highest BCUT2D eigenvalue weighted by Crippen LogP contribution is 2.12. The van der Waals surface area contributed by atoms with Gasteiger partial charge in [0, 0.05) is 0 Å². The molecule has 0 aliphatic heterocycles. The monoisotopic (exact) mass is 200 g/mol. The molecule has 5 heteroatoms. The van der Waals surface area contributed by atoms with Gasteiger partial charge >= 0.3 is 5.65 Å². The second-order valence-electron chi connectivity index (χ2n) is 3.47. The first-order valence-electron chi connectivity index (χ1n) is 4.60. The van der Waals surface area contributed by atoms with E-state index in [4.69, 9.17) is 0 Å². The zero-order valence-electron chi connectivity index (χ0n) is 8.08. The van der Waals surface area contributed by atoms with Crippen molar-refractivity contribution in [1.82, 2.24) is 14.7 Å². The van der Waals surface area contributed by atoms with E-state index in [2.05, 4.69) is 10.2 Å². The summed E-state index contributed by atoms with van der Waals surface area (Å²) in [7, 11) is 0. The molecule has 15 heavy (non-hydrogen) atoms. The van der Waals surface area contributed by atoms with Gasteiger partial charge in [-0.1, -0.05) is 20.8 Å². The number of nitrogens with zero attached hydrogens (tertiary/aromatic N) is 4. The van der Waals surface area contributed by atoms with E-state index >= 15 is 0 Å². The van der Waals surface area contributed by atoms with Crippen LogP contribution < -0.4 is 4.85 Å². The van der Waals surface area contributed by atoms with Gasteiger partial charge in [0.25, 0.3) is 0 Å². The van der Waals surface area contributed by atoms with Crippen LogP contribution in [0.25, 0.3) is 16.7 Å². The zero-order valence-corrected chi connectivity index (χ0v) is 8.08. The highest BCUT2D eigenvalue weighted by molar-refractivity contribution is 5.75. The van der Waals surface area contributed by atoms with Crippen LogP contribution in [0, 0.1) is 12.1 Å². The minimum atomic E-state index is 0.438. The summed E-state index contributed by atoms with van der Waals surface area (Å²) in [5.41, 5.74) is 3.05. The third kappa shape index (κ3) is 1.06. The number of rotatable bonds is 0. The number of fused-ring (bicyclic) bond motifs is 3. The minimum Gasteiger partial charge on any atom is -0.691 e. The predicted octanol–water partition coefficient (Wildman–Crippen LogP) is 0.824. The Labute approximate surface area is 85.2 Å². The lowest BCUT2D eigenvalue weighted by Gasteiger charge is -2.02. The molecular formula is C10H8N4O. The van der Waals surface area contributed by atoms with Crippen molar-refractivity contribution < 1.29 is 4.85 Å². The van der Waals surface area contributed by atoms with Crippen molar-refractivity contribution in [3.8, 4) is 0 Å². The standard InChI is InChI=1S/C10H8N4O/c1-7-2-3-8-9(6-7)13-10(4-5-11-13)14(15)12-8/h2-6H,1H3. The van der Waals surface area contributed by atoms with Gasteiger partial charge in [-0.3, -0.25) is 0 Å². The second kappa shape index (κ2) is 2.66. The largest absolute Gasteiger partial charge is 0.691 e. The summed E-state index contributed by atoms with van der Waals surface area (Å²) in [6, 6.07) is 7.34. The summed E-state index contributed by atoms with van der Waals surface area (Å²) in [4.78, 5) is 0.588. The average Bonchev–Trinajstić information content (AvgIpc) is 2.69. The zero-order chi connectivity index (χ0) is 10.4. The molecule has 0 fully saturated rings. The normalized spacial score (nSPS) is 11.3. The molecule has 0 bridgehead atoms. The van der Waals surface area contributed by atoms with Crippen LogP contribution >= 0.6 is 0 Å². The van der Waals surface area contributed by atoms with Gasteiger partial charge in [-0.2, -0.15) is 0 Å². The quantitative estimate of drug-likeness (QED) is 0.399. The Kier molecular flexibility index (Phi) is 1.45. The summed E-state index contributed by atoms with van der Waals surface area (Å²) in [6.07, 6.45) is 1.59. The van der Waals surface area contributed by atoms with E-state index in [9.17, 15) is 5.21 Å². The van der Waals surface area contributed by atoms with Crippen molar-refractivity contribution in [1.29, 1.82) is 0 Å². The van der Waals surface area contributed by atoms with Crippen LogP contribution in [0.15, 0.2) is 30.5 Å². The highest BCUT2D eigenvalue weighted by Gasteiger charge is 2.11. The fraction of sp³-hybridized carbons (Fsp3) is 0.100. The summed E-state index contributed by atoms with van der Waals surface area (Å²) in [5.74, 6) is 0. The summed E-state index contributed by atoms with van der Waals surface area (Å²) in [5, 5.41) is 19.5. The number of aryl methyl sites for hydroxylation is 1. The van der Waals surface area contributed by atoms with Crippen LogP contribution in [0.5, 0.6) is 0 Å². The Morgan fingerprint density at radius 2 is 2.20 bits per heavy atom. The van der Waals surface area contributed by atoms with E-state index in [0.717, 1.165) is 11.1 Å². The van der Waals surface area contributed by atoms with Gasteiger partial charge in [0.05, 0.1) is 12.3 Å². The molecule has 0 aliphatic carbocycles. The van der Waals surface area contributed by atoms with Crippen molar-refractivity contribution in [2.45, 2.75) is 6.92 Å². The second-order valence-corrected chi connectivity index (χ2v) is 3.47. The molecule has 0 unspecified atom stereocenters. The first kappa shape index (κ1) is 8.16. The topological polar surface area (TPSA) is 57.1 Å². The molecule has 0 atom stereocenters. The molecule has 0 N–H and O–H groups in total. The van der Waals surface area contributed by atoms with Gasteiger partial charge in [0.2, 0.25) is 0 Å². The first-order valence-corrected chi connectivity index (χ1v) is 4.60. The Morgan fingerprint density at radius 3 is 3.07 bits per heavy atom. The van der Waals surface area contributed by atoms with E-state index in [1.165, 1.54) is 0 Å². The molecule has 3 rings (SSSR count). The molecule has 3 aromatic rings. The van der Waals surface area contributed by atoms with Crippen LogP contribution in [-0.4, -0.2) is 14.7 Å². The smallest absolute Gasteiger partial charge is 0.333 e. The molecule has 0 aliphatic rings. The third-order valence-corrected chi connectivity index (χ3v) is 2.38. The molecule has 2 heterocycles. The minimum absolute atomic E-state index is 0.438. The van der Waals surface area contributed by atoms with Gasteiger partial charge in [0.15, 0.2) is 11.0 Å². The van der Waals surface area contributed by atoms with Gasteiger partial charge in [-0.15, -0.1) is 4.85 Å². The average molecular weight is 200 g/mol. The predicted molar refractivity (Wildman–Crippen MR) is 54.2 cm³/mol.